The number of carbonyl (C=O) groups excluding carboxylic acids is 1. The van der Waals surface area contributed by atoms with Gasteiger partial charge >= 0.3 is 0 Å². The molecule has 2 aromatic carbocycles. The molecule has 1 aromatic heterocycles. The molecule has 1 heterocycles. The van der Waals surface area contributed by atoms with Crippen molar-refractivity contribution in [2.24, 2.45) is 0 Å². The van der Waals surface area contributed by atoms with Crippen LogP contribution in [0, 0.1) is 19.7 Å². The lowest BCUT2D eigenvalue weighted by atomic mass is 10.1. The molecule has 3 aromatic rings. The van der Waals surface area contributed by atoms with E-state index in [9.17, 15) is 9.18 Å². The van der Waals surface area contributed by atoms with E-state index in [0.717, 1.165) is 10.0 Å². The summed E-state index contributed by atoms with van der Waals surface area (Å²) < 4.78 is 14.9. The highest BCUT2D eigenvalue weighted by Crippen LogP contribution is 2.24. The summed E-state index contributed by atoms with van der Waals surface area (Å²) in [6.07, 6.45) is 0. The maximum absolute atomic E-state index is 14.0. The van der Waals surface area contributed by atoms with Gasteiger partial charge in [0.25, 0.3) is 5.91 Å². The van der Waals surface area contributed by atoms with Crippen LogP contribution in [0.5, 0.6) is 0 Å². The van der Waals surface area contributed by atoms with Gasteiger partial charge in [0.15, 0.2) is 0 Å². The summed E-state index contributed by atoms with van der Waals surface area (Å²) in [6.45, 7) is 5.50. The number of carbonyl (C=O) groups is 1. The number of nitrogens with zero attached hydrogens (tertiary/aromatic N) is 2. The van der Waals surface area contributed by atoms with E-state index < -0.39 is 5.82 Å². The number of halogens is 2. The number of nitrogens with one attached hydrogen (secondary N) is 1. The third kappa shape index (κ3) is 3.54. The summed E-state index contributed by atoms with van der Waals surface area (Å²) in [4.78, 5) is 21.5. The zero-order chi connectivity index (χ0) is 18.1. The Hall–Kier alpha value is -2.34. The lowest BCUT2D eigenvalue weighted by molar-refractivity contribution is 0.0941. The molecule has 1 amide bonds. The minimum atomic E-state index is -0.510. The van der Waals surface area contributed by atoms with Gasteiger partial charge in [0.2, 0.25) is 0 Å². The van der Waals surface area contributed by atoms with Crippen LogP contribution in [0.25, 0.3) is 11.0 Å². The van der Waals surface area contributed by atoms with Gasteiger partial charge in [0.05, 0.1) is 28.5 Å². The average molecular weight is 402 g/mol. The first-order chi connectivity index (χ1) is 11.9. The van der Waals surface area contributed by atoms with E-state index in [0.29, 0.717) is 22.4 Å². The predicted molar refractivity (Wildman–Crippen MR) is 99.0 cm³/mol. The first-order valence-electron chi connectivity index (χ1n) is 7.86. The van der Waals surface area contributed by atoms with E-state index >= 15 is 0 Å². The van der Waals surface area contributed by atoms with Gasteiger partial charge in [-0.25, -0.2) is 14.4 Å². The minimum absolute atomic E-state index is 0.185. The quantitative estimate of drug-likeness (QED) is 0.695. The van der Waals surface area contributed by atoms with Gasteiger partial charge in [-0.2, -0.15) is 0 Å². The van der Waals surface area contributed by atoms with Crippen LogP contribution < -0.4 is 5.32 Å². The molecule has 0 saturated carbocycles. The standard InChI is InChI=1S/C19H17BrFN3O/c1-10-11(2)23-18-15(8-13(21)9-17(18)22-10)19(25)24-12(3)14-6-4-5-7-16(14)20/h4-9,12H,1-3H3,(H,24,25). The number of hydrogen-bond donors (Lipinski definition) is 1. The molecule has 3 rings (SSSR count). The molecule has 1 unspecified atom stereocenters. The molecule has 1 N–H and O–H groups in total. The molecule has 0 spiro atoms. The maximum Gasteiger partial charge on any atom is 0.254 e. The Morgan fingerprint density at radius 2 is 1.84 bits per heavy atom. The van der Waals surface area contributed by atoms with Crippen molar-refractivity contribution in [3.8, 4) is 0 Å². The number of benzene rings is 2. The zero-order valence-corrected chi connectivity index (χ0v) is 15.7. The summed E-state index contributed by atoms with van der Waals surface area (Å²) in [6, 6.07) is 9.89. The minimum Gasteiger partial charge on any atom is -0.345 e. The van der Waals surface area contributed by atoms with Crippen molar-refractivity contribution < 1.29 is 9.18 Å². The molecule has 4 nitrogen and oxygen atoms in total. The molecule has 0 radical (unpaired) electrons. The van der Waals surface area contributed by atoms with Gasteiger partial charge in [0.1, 0.15) is 11.3 Å². The maximum atomic E-state index is 14.0. The molecule has 0 aliphatic rings. The van der Waals surface area contributed by atoms with Crippen LogP contribution in [0.4, 0.5) is 4.39 Å². The van der Waals surface area contributed by atoms with Crippen molar-refractivity contribution in [1.29, 1.82) is 0 Å². The second kappa shape index (κ2) is 6.88. The van der Waals surface area contributed by atoms with Gasteiger partial charge in [0, 0.05) is 10.5 Å². The number of hydrogen-bond acceptors (Lipinski definition) is 3. The van der Waals surface area contributed by atoms with Crippen molar-refractivity contribution in [2.45, 2.75) is 26.8 Å². The topological polar surface area (TPSA) is 54.9 Å². The van der Waals surface area contributed by atoms with Gasteiger partial charge in [-0.3, -0.25) is 4.79 Å². The van der Waals surface area contributed by atoms with Crippen LogP contribution in [-0.4, -0.2) is 15.9 Å². The molecule has 0 aliphatic heterocycles. The Labute approximate surface area is 153 Å². The lowest BCUT2D eigenvalue weighted by Crippen LogP contribution is -2.27. The van der Waals surface area contributed by atoms with Crippen LogP contribution in [-0.2, 0) is 0 Å². The van der Waals surface area contributed by atoms with Crippen molar-refractivity contribution in [2.75, 3.05) is 0 Å². The van der Waals surface area contributed by atoms with Crippen LogP contribution >= 0.6 is 15.9 Å². The third-order valence-electron chi connectivity index (χ3n) is 4.11. The fourth-order valence-electron chi connectivity index (χ4n) is 2.65. The largest absolute Gasteiger partial charge is 0.345 e. The summed E-state index contributed by atoms with van der Waals surface area (Å²) >= 11 is 3.48. The summed E-state index contributed by atoms with van der Waals surface area (Å²) in [7, 11) is 0. The number of aryl methyl sites for hydroxylation is 2. The Kier molecular flexibility index (Phi) is 4.81. The van der Waals surface area contributed by atoms with E-state index in [1.165, 1.54) is 12.1 Å². The molecule has 128 valence electrons. The highest BCUT2D eigenvalue weighted by Gasteiger charge is 2.18. The van der Waals surface area contributed by atoms with Crippen LogP contribution in [0.3, 0.4) is 0 Å². The van der Waals surface area contributed by atoms with Gasteiger partial charge < -0.3 is 5.32 Å². The number of rotatable bonds is 3. The molecule has 6 heteroatoms. The van der Waals surface area contributed by atoms with E-state index in [-0.39, 0.29) is 17.5 Å². The lowest BCUT2D eigenvalue weighted by Gasteiger charge is -2.16. The zero-order valence-electron chi connectivity index (χ0n) is 14.1. The van der Waals surface area contributed by atoms with Gasteiger partial charge in [-0.1, -0.05) is 34.1 Å². The summed E-state index contributed by atoms with van der Waals surface area (Å²) in [5.74, 6) is -0.894. The van der Waals surface area contributed by atoms with E-state index in [4.69, 9.17) is 0 Å². The fourth-order valence-corrected chi connectivity index (χ4v) is 3.28. The molecule has 25 heavy (non-hydrogen) atoms. The van der Waals surface area contributed by atoms with Crippen LogP contribution in [0.15, 0.2) is 40.9 Å². The predicted octanol–water partition coefficient (Wildman–Crippen LogP) is 4.64. The monoisotopic (exact) mass is 401 g/mol. The van der Waals surface area contributed by atoms with Crippen molar-refractivity contribution >= 4 is 32.9 Å². The third-order valence-corrected chi connectivity index (χ3v) is 4.83. The number of amides is 1. The second-order valence-electron chi connectivity index (χ2n) is 5.93. The first-order valence-corrected chi connectivity index (χ1v) is 8.66. The Balaban J connectivity index is 2.00. The van der Waals surface area contributed by atoms with Gasteiger partial charge in [-0.15, -0.1) is 0 Å². The molecule has 0 aliphatic carbocycles. The van der Waals surface area contributed by atoms with E-state index in [1.54, 1.807) is 6.92 Å². The van der Waals surface area contributed by atoms with Crippen molar-refractivity contribution in [3.63, 3.8) is 0 Å². The highest BCUT2D eigenvalue weighted by atomic mass is 79.9. The number of fused-ring (bicyclic) bond motifs is 1. The Morgan fingerprint density at radius 3 is 2.56 bits per heavy atom. The van der Waals surface area contributed by atoms with Crippen LogP contribution in [0.2, 0.25) is 0 Å². The molecular formula is C19H17BrFN3O. The van der Waals surface area contributed by atoms with Crippen molar-refractivity contribution in [3.05, 3.63) is 69.2 Å². The molecular weight excluding hydrogens is 385 g/mol. The summed E-state index contributed by atoms with van der Waals surface area (Å²) in [5.41, 5.74) is 3.33. The summed E-state index contributed by atoms with van der Waals surface area (Å²) in [5, 5.41) is 2.90. The SMILES string of the molecule is Cc1nc2cc(F)cc(C(=O)NC(C)c3ccccc3Br)c2nc1C. The Morgan fingerprint density at radius 1 is 1.16 bits per heavy atom. The molecule has 1 atom stereocenters. The van der Waals surface area contributed by atoms with Crippen molar-refractivity contribution in [1.82, 2.24) is 15.3 Å². The molecule has 0 saturated heterocycles. The second-order valence-corrected chi connectivity index (χ2v) is 6.79. The molecule has 0 fully saturated rings. The van der Waals surface area contributed by atoms with E-state index in [2.05, 4.69) is 31.2 Å². The fraction of sp³-hybridized carbons (Fsp3) is 0.211. The average Bonchev–Trinajstić information content (AvgIpc) is 2.56. The van der Waals surface area contributed by atoms with E-state index in [1.807, 2.05) is 38.1 Å². The van der Waals surface area contributed by atoms with Crippen LogP contribution in [0.1, 0.15) is 40.3 Å². The first kappa shape index (κ1) is 17.5. The smallest absolute Gasteiger partial charge is 0.254 e. The normalized spacial score (nSPS) is 12.2. The number of aromatic nitrogens is 2. The Bertz CT molecular complexity index is 974. The highest BCUT2D eigenvalue weighted by molar-refractivity contribution is 9.10. The molecule has 0 bridgehead atoms. The van der Waals surface area contributed by atoms with Gasteiger partial charge in [-0.05, 0) is 38.5 Å².